The van der Waals surface area contributed by atoms with Crippen LogP contribution >= 0.6 is 0 Å². The molecule has 0 aliphatic rings. The van der Waals surface area contributed by atoms with Crippen LogP contribution in [0.2, 0.25) is 0 Å². The summed E-state index contributed by atoms with van der Waals surface area (Å²) in [6, 6.07) is 9.37. The van der Waals surface area contributed by atoms with Crippen molar-refractivity contribution in [3.63, 3.8) is 0 Å². The maximum atomic E-state index is 11.1. The van der Waals surface area contributed by atoms with Crippen molar-refractivity contribution in [2.24, 2.45) is 11.4 Å². The molecule has 0 bridgehead atoms. The van der Waals surface area contributed by atoms with E-state index in [0.717, 1.165) is 28.8 Å². The first kappa shape index (κ1) is 16.1. The molecule has 0 fully saturated rings. The van der Waals surface area contributed by atoms with Gasteiger partial charge in [-0.05, 0) is 17.7 Å². The second-order valence-corrected chi connectivity index (χ2v) is 7.18. The third-order valence-corrected chi connectivity index (χ3v) is 4.10. The van der Waals surface area contributed by atoms with Crippen LogP contribution in [0.25, 0.3) is 11.0 Å². The lowest BCUT2D eigenvalue weighted by molar-refractivity contribution is 0.604. The molecule has 0 amide bonds. The number of pyridine rings is 1. The first-order valence-electron chi connectivity index (χ1n) is 7.20. The minimum Gasteiger partial charge on any atom is -0.334 e. The minimum absolute atomic E-state index is 0.715. The van der Waals surface area contributed by atoms with Gasteiger partial charge in [0.25, 0.3) is 0 Å². The summed E-state index contributed by atoms with van der Waals surface area (Å²) in [6.45, 7) is 0. The Balaban J connectivity index is 1.87. The standard InChI is InChI=1S/C16H17N5O2S/c1-20-11-18-14-10-17-16(8-15(14)20)21(2)13-6-4-12(5-7-13)9-19-24(3,22)23/h4-11H,1-3H3. The van der Waals surface area contributed by atoms with Crippen molar-refractivity contribution in [2.75, 3.05) is 18.2 Å². The van der Waals surface area contributed by atoms with Crippen LogP contribution in [0.15, 0.2) is 47.3 Å². The van der Waals surface area contributed by atoms with Crippen LogP contribution in [0.3, 0.4) is 0 Å². The van der Waals surface area contributed by atoms with Gasteiger partial charge in [0.15, 0.2) is 0 Å². The number of hydrogen-bond donors (Lipinski definition) is 0. The quantitative estimate of drug-likeness (QED) is 0.678. The predicted molar refractivity (Wildman–Crippen MR) is 95.5 cm³/mol. The van der Waals surface area contributed by atoms with Gasteiger partial charge in [0.1, 0.15) is 11.3 Å². The molecule has 3 rings (SSSR count). The molecule has 0 N–H and O–H groups in total. The average Bonchev–Trinajstić information content (AvgIpc) is 2.93. The normalized spacial score (nSPS) is 12.1. The molecule has 0 saturated heterocycles. The lowest BCUT2D eigenvalue weighted by atomic mass is 10.2. The number of hydrogen-bond acceptors (Lipinski definition) is 5. The fraction of sp³-hybridized carbons (Fsp3) is 0.188. The lowest BCUT2D eigenvalue weighted by Gasteiger charge is -2.18. The molecule has 0 unspecified atom stereocenters. The Morgan fingerprint density at radius 1 is 1.21 bits per heavy atom. The fourth-order valence-corrected chi connectivity index (χ4v) is 2.59. The smallest absolute Gasteiger partial charge is 0.250 e. The van der Waals surface area contributed by atoms with Crippen LogP contribution in [0.5, 0.6) is 0 Å². The van der Waals surface area contributed by atoms with Gasteiger partial charge >= 0.3 is 0 Å². The van der Waals surface area contributed by atoms with E-state index in [4.69, 9.17) is 0 Å². The number of aryl methyl sites for hydroxylation is 1. The van der Waals surface area contributed by atoms with E-state index in [0.29, 0.717) is 5.56 Å². The van der Waals surface area contributed by atoms with Crippen LogP contribution in [0, 0.1) is 0 Å². The Kier molecular flexibility index (Phi) is 4.06. The molecule has 0 atom stereocenters. The van der Waals surface area contributed by atoms with Crippen LogP contribution in [0.1, 0.15) is 5.56 Å². The Morgan fingerprint density at radius 3 is 2.58 bits per heavy atom. The third kappa shape index (κ3) is 3.43. The number of sulfonamides is 1. The number of benzene rings is 1. The molecular weight excluding hydrogens is 326 g/mol. The van der Waals surface area contributed by atoms with Crippen molar-refractivity contribution in [1.82, 2.24) is 14.5 Å². The maximum Gasteiger partial charge on any atom is 0.250 e. The summed E-state index contributed by atoms with van der Waals surface area (Å²) in [7, 11) is 0.490. The highest BCUT2D eigenvalue weighted by atomic mass is 32.2. The zero-order valence-corrected chi connectivity index (χ0v) is 14.4. The van der Waals surface area contributed by atoms with Gasteiger partial charge in [0.05, 0.1) is 24.3 Å². The van der Waals surface area contributed by atoms with Gasteiger partial charge in [0.2, 0.25) is 10.0 Å². The highest BCUT2D eigenvalue weighted by Crippen LogP contribution is 2.24. The molecule has 124 valence electrons. The number of rotatable bonds is 4. The minimum atomic E-state index is -3.37. The van der Waals surface area contributed by atoms with E-state index in [-0.39, 0.29) is 0 Å². The van der Waals surface area contributed by atoms with E-state index in [1.165, 1.54) is 6.21 Å². The Hall–Kier alpha value is -2.74. The number of nitrogens with zero attached hydrogens (tertiary/aromatic N) is 5. The summed E-state index contributed by atoms with van der Waals surface area (Å²) in [5, 5.41) is 0. The molecule has 7 nitrogen and oxygen atoms in total. The first-order valence-corrected chi connectivity index (χ1v) is 9.04. The van der Waals surface area contributed by atoms with E-state index >= 15 is 0 Å². The monoisotopic (exact) mass is 343 g/mol. The molecular formula is C16H17N5O2S. The Morgan fingerprint density at radius 2 is 1.92 bits per heavy atom. The molecule has 2 aromatic heterocycles. The number of fused-ring (bicyclic) bond motifs is 1. The van der Waals surface area contributed by atoms with E-state index in [2.05, 4.69) is 14.4 Å². The van der Waals surface area contributed by atoms with Crippen molar-refractivity contribution >= 4 is 38.8 Å². The maximum absolute atomic E-state index is 11.1. The molecule has 0 aliphatic heterocycles. The fourth-order valence-electron chi connectivity index (χ4n) is 2.28. The summed E-state index contributed by atoms with van der Waals surface area (Å²) in [5.41, 5.74) is 3.50. The molecule has 2 heterocycles. The molecule has 0 saturated carbocycles. The van der Waals surface area contributed by atoms with Gasteiger partial charge < -0.3 is 9.47 Å². The SMILES string of the molecule is CN(c1ccc(C=NS(C)(=O)=O)cc1)c1cc2c(cn1)ncn2C. The Labute approximate surface area is 140 Å². The Bertz CT molecular complexity index is 1010. The summed E-state index contributed by atoms with van der Waals surface area (Å²) in [6.07, 6.45) is 5.89. The second kappa shape index (κ2) is 6.04. The van der Waals surface area contributed by atoms with Gasteiger partial charge in [-0.1, -0.05) is 12.1 Å². The van der Waals surface area contributed by atoms with Crippen LogP contribution in [0.4, 0.5) is 11.5 Å². The molecule has 0 spiro atoms. The molecule has 0 radical (unpaired) electrons. The zero-order chi connectivity index (χ0) is 17.3. The van der Waals surface area contributed by atoms with Crippen molar-refractivity contribution in [2.45, 2.75) is 0 Å². The van der Waals surface area contributed by atoms with Crippen molar-refractivity contribution < 1.29 is 8.42 Å². The third-order valence-electron chi connectivity index (χ3n) is 3.61. The lowest BCUT2D eigenvalue weighted by Crippen LogP contribution is -2.11. The highest BCUT2D eigenvalue weighted by Gasteiger charge is 2.08. The summed E-state index contributed by atoms with van der Waals surface area (Å²) >= 11 is 0. The van der Waals surface area contributed by atoms with E-state index in [1.54, 1.807) is 12.5 Å². The number of imidazole rings is 1. The topological polar surface area (TPSA) is 80.5 Å². The largest absolute Gasteiger partial charge is 0.334 e. The molecule has 3 aromatic rings. The second-order valence-electron chi connectivity index (χ2n) is 5.50. The average molecular weight is 343 g/mol. The summed E-state index contributed by atoms with van der Waals surface area (Å²) in [5.74, 6) is 0.795. The van der Waals surface area contributed by atoms with Crippen molar-refractivity contribution in [1.29, 1.82) is 0 Å². The predicted octanol–water partition coefficient (Wildman–Crippen LogP) is 2.11. The molecule has 8 heteroatoms. The number of aromatic nitrogens is 3. The highest BCUT2D eigenvalue weighted by molar-refractivity contribution is 7.89. The van der Waals surface area contributed by atoms with E-state index in [9.17, 15) is 8.42 Å². The van der Waals surface area contributed by atoms with E-state index in [1.807, 2.05) is 53.9 Å². The molecule has 1 aromatic carbocycles. The first-order chi connectivity index (χ1) is 11.3. The van der Waals surface area contributed by atoms with Gasteiger partial charge in [-0.15, -0.1) is 0 Å². The van der Waals surface area contributed by atoms with Gasteiger partial charge in [-0.2, -0.15) is 4.40 Å². The molecule has 0 aliphatic carbocycles. The van der Waals surface area contributed by atoms with Crippen molar-refractivity contribution in [3.05, 3.63) is 48.4 Å². The summed E-state index contributed by atoms with van der Waals surface area (Å²) < 4.78 is 27.6. The van der Waals surface area contributed by atoms with Gasteiger partial charge in [0, 0.05) is 32.1 Å². The molecule has 24 heavy (non-hydrogen) atoms. The van der Waals surface area contributed by atoms with Crippen LogP contribution < -0.4 is 4.90 Å². The van der Waals surface area contributed by atoms with Crippen molar-refractivity contribution in [3.8, 4) is 0 Å². The summed E-state index contributed by atoms with van der Waals surface area (Å²) in [4.78, 5) is 10.6. The van der Waals surface area contributed by atoms with Gasteiger partial charge in [-0.3, -0.25) is 0 Å². The van der Waals surface area contributed by atoms with E-state index < -0.39 is 10.0 Å². The van der Waals surface area contributed by atoms with Crippen LogP contribution in [-0.2, 0) is 17.1 Å². The number of anilines is 2. The zero-order valence-electron chi connectivity index (χ0n) is 13.6. The van der Waals surface area contributed by atoms with Crippen LogP contribution in [-0.4, -0.2) is 42.5 Å². The van der Waals surface area contributed by atoms with Gasteiger partial charge in [-0.25, -0.2) is 18.4 Å².